The molecule has 2 amide bonds. The van der Waals surface area contributed by atoms with E-state index in [4.69, 9.17) is 0 Å². The maximum Gasteiger partial charge on any atom is 0.226 e. The Balaban J connectivity index is 2.09. The van der Waals surface area contributed by atoms with Crippen molar-refractivity contribution in [2.24, 2.45) is 0 Å². The van der Waals surface area contributed by atoms with Gasteiger partial charge in [0.1, 0.15) is 0 Å². The summed E-state index contributed by atoms with van der Waals surface area (Å²) in [4.78, 5) is 28.6. The molecule has 0 spiro atoms. The maximum atomic E-state index is 12.4. The number of benzene rings is 2. The number of nitrogens with one attached hydrogen (secondary N) is 1. The molecule has 0 radical (unpaired) electrons. The quantitative estimate of drug-likeness (QED) is 0.696. The first-order valence-corrected chi connectivity index (χ1v) is 10.3. The topological polar surface area (TPSA) is 52.6 Å². The maximum absolute atomic E-state index is 12.4. The summed E-state index contributed by atoms with van der Waals surface area (Å²) in [6.07, 6.45) is 0.240. The molecule has 156 valence electrons. The predicted octanol–water partition coefficient (Wildman–Crippen LogP) is 4.84. The second-order valence-corrected chi connectivity index (χ2v) is 7.41. The number of rotatable bonds is 8. The summed E-state index contributed by atoms with van der Waals surface area (Å²) in [7, 11) is 0. The number of aryl methyl sites for hydroxylation is 3. The zero-order chi connectivity index (χ0) is 21.6. The number of hydrogen-bond donors (Lipinski definition) is 1. The number of hydrogen-bond acceptors (Lipinski definition) is 3. The molecule has 2 aromatic carbocycles. The van der Waals surface area contributed by atoms with Crippen LogP contribution in [0, 0.1) is 20.8 Å². The Bertz CT molecular complexity index is 872. The van der Waals surface area contributed by atoms with Gasteiger partial charge in [-0.05, 0) is 81.6 Å². The van der Waals surface area contributed by atoms with Gasteiger partial charge < -0.3 is 15.1 Å². The van der Waals surface area contributed by atoms with Gasteiger partial charge in [0.05, 0.1) is 0 Å². The Morgan fingerprint density at radius 1 is 0.897 bits per heavy atom. The summed E-state index contributed by atoms with van der Waals surface area (Å²) >= 11 is 0. The molecule has 2 rings (SSSR count). The lowest BCUT2D eigenvalue weighted by molar-refractivity contribution is -0.117. The number of amides is 2. The van der Waals surface area contributed by atoms with E-state index in [9.17, 15) is 9.59 Å². The van der Waals surface area contributed by atoms with E-state index in [0.717, 1.165) is 41.3 Å². The van der Waals surface area contributed by atoms with E-state index in [1.807, 2.05) is 51.1 Å². The summed E-state index contributed by atoms with van der Waals surface area (Å²) in [6.45, 7) is 14.1. The highest BCUT2D eigenvalue weighted by atomic mass is 16.2. The first kappa shape index (κ1) is 22.5. The molecule has 5 nitrogen and oxygen atoms in total. The van der Waals surface area contributed by atoms with Crippen LogP contribution in [-0.2, 0) is 9.59 Å². The van der Waals surface area contributed by atoms with Crippen molar-refractivity contribution in [2.45, 2.75) is 48.0 Å². The molecule has 0 aliphatic carbocycles. The van der Waals surface area contributed by atoms with Crippen LogP contribution in [0.5, 0.6) is 0 Å². The Morgan fingerprint density at radius 2 is 1.59 bits per heavy atom. The third kappa shape index (κ3) is 5.83. The smallest absolute Gasteiger partial charge is 0.226 e. The molecule has 0 bridgehead atoms. The summed E-state index contributed by atoms with van der Waals surface area (Å²) in [5.74, 6) is -0.167. The number of carbonyl (C=O) groups excluding carboxylic acids is 2. The first-order chi connectivity index (χ1) is 13.8. The van der Waals surface area contributed by atoms with Gasteiger partial charge in [0, 0.05) is 50.0 Å². The molecule has 0 aliphatic rings. The standard InChI is InChI=1S/C24H33N3O2/c1-7-26(8-2)22-11-12-23(19(5)16-22)27(20(6)28)14-13-24(29)25-21-10-9-17(3)18(4)15-21/h9-12,15-16H,7-8,13-14H2,1-6H3,(H,25,29). The Hall–Kier alpha value is -2.82. The molecule has 0 aliphatic heterocycles. The van der Waals surface area contributed by atoms with Gasteiger partial charge in [-0.25, -0.2) is 0 Å². The fraction of sp³-hybridized carbons (Fsp3) is 0.417. The van der Waals surface area contributed by atoms with Gasteiger partial charge in [0.15, 0.2) is 0 Å². The zero-order valence-corrected chi connectivity index (χ0v) is 18.5. The number of anilines is 3. The van der Waals surface area contributed by atoms with Crippen LogP contribution in [0.2, 0.25) is 0 Å². The summed E-state index contributed by atoms with van der Waals surface area (Å²) in [5.41, 5.74) is 6.14. The summed E-state index contributed by atoms with van der Waals surface area (Å²) < 4.78 is 0. The zero-order valence-electron chi connectivity index (χ0n) is 18.5. The molecule has 2 aromatic rings. The third-order valence-corrected chi connectivity index (χ3v) is 5.33. The van der Waals surface area contributed by atoms with Crippen LogP contribution >= 0.6 is 0 Å². The summed E-state index contributed by atoms with van der Waals surface area (Å²) in [6, 6.07) is 12.0. The molecular formula is C24H33N3O2. The van der Waals surface area contributed by atoms with Crippen molar-refractivity contribution in [3.63, 3.8) is 0 Å². The average Bonchev–Trinajstić information content (AvgIpc) is 2.67. The van der Waals surface area contributed by atoms with Gasteiger partial charge in [-0.2, -0.15) is 0 Å². The monoisotopic (exact) mass is 395 g/mol. The molecule has 0 aromatic heterocycles. The lowest BCUT2D eigenvalue weighted by atomic mass is 10.1. The molecule has 5 heteroatoms. The van der Waals surface area contributed by atoms with Crippen LogP contribution in [-0.4, -0.2) is 31.4 Å². The van der Waals surface area contributed by atoms with E-state index in [2.05, 4.69) is 30.1 Å². The minimum absolute atomic E-state index is 0.0670. The van der Waals surface area contributed by atoms with Crippen molar-refractivity contribution in [1.82, 2.24) is 0 Å². The van der Waals surface area contributed by atoms with Crippen molar-refractivity contribution in [3.05, 3.63) is 53.1 Å². The number of nitrogens with zero attached hydrogens (tertiary/aromatic N) is 2. The van der Waals surface area contributed by atoms with Crippen LogP contribution in [0.4, 0.5) is 17.1 Å². The third-order valence-electron chi connectivity index (χ3n) is 5.33. The van der Waals surface area contributed by atoms with Crippen molar-refractivity contribution in [2.75, 3.05) is 34.8 Å². The second kappa shape index (κ2) is 10.1. The molecule has 1 N–H and O–H groups in total. The van der Waals surface area contributed by atoms with Gasteiger partial charge in [0.2, 0.25) is 11.8 Å². The largest absolute Gasteiger partial charge is 0.372 e. The highest BCUT2D eigenvalue weighted by Crippen LogP contribution is 2.26. The molecule has 29 heavy (non-hydrogen) atoms. The van der Waals surface area contributed by atoms with Gasteiger partial charge >= 0.3 is 0 Å². The van der Waals surface area contributed by atoms with Crippen molar-refractivity contribution >= 4 is 28.9 Å². The van der Waals surface area contributed by atoms with E-state index >= 15 is 0 Å². The Morgan fingerprint density at radius 3 is 2.14 bits per heavy atom. The lowest BCUT2D eigenvalue weighted by Crippen LogP contribution is -2.32. The van der Waals surface area contributed by atoms with E-state index in [0.29, 0.717) is 6.54 Å². The predicted molar refractivity (Wildman–Crippen MR) is 122 cm³/mol. The van der Waals surface area contributed by atoms with Crippen molar-refractivity contribution < 1.29 is 9.59 Å². The van der Waals surface area contributed by atoms with Crippen LogP contribution in [0.1, 0.15) is 43.9 Å². The molecule has 0 atom stereocenters. The van der Waals surface area contributed by atoms with Gasteiger partial charge in [-0.15, -0.1) is 0 Å². The van der Waals surface area contributed by atoms with E-state index in [1.165, 1.54) is 5.56 Å². The molecule has 0 unspecified atom stereocenters. The van der Waals surface area contributed by atoms with Crippen molar-refractivity contribution in [1.29, 1.82) is 0 Å². The molecule has 0 saturated carbocycles. The Labute approximate surface area is 174 Å². The fourth-order valence-corrected chi connectivity index (χ4v) is 3.43. The van der Waals surface area contributed by atoms with E-state index < -0.39 is 0 Å². The van der Waals surface area contributed by atoms with Crippen LogP contribution < -0.4 is 15.1 Å². The van der Waals surface area contributed by atoms with Crippen LogP contribution in [0.15, 0.2) is 36.4 Å². The fourth-order valence-electron chi connectivity index (χ4n) is 3.43. The number of carbonyl (C=O) groups is 2. The minimum Gasteiger partial charge on any atom is -0.372 e. The van der Waals surface area contributed by atoms with E-state index in [1.54, 1.807) is 11.8 Å². The normalized spacial score (nSPS) is 10.6. The van der Waals surface area contributed by atoms with Crippen LogP contribution in [0.3, 0.4) is 0 Å². The molecular weight excluding hydrogens is 362 g/mol. The summed E-state index contributed by atoms with van der Waals surface area (Å²) in [5, 5.41) is 2.93. The molecule has 0 fully saturated rings. The highest BCUT2D eigenvalue weighted by molar-refractivity contribution is 5.95. The average molecular weight is 396 g/mol. The molecule has 0 saturated heterocycles. The highest BCUT2D eigenvalue weighted by Gasteiger charge is 2.16. The van der Waals surface area contributed by atoms with Gasteiger partial charge in [-0.1, -0.05) is 6.07 Å². The van der Waals surface area contributed by atoms with Crippen molar-refractivity contribution in [3.8, 4) is 0 Å². The van der Waals surface area contributed by atoms with Gasteiger partial charge in [-0.3, -0.25) is 9.59 Å². The van der Waals surface area contributed by atoms with Crippen LogP contribution in [0.25, 0.3) is 0 Å². The van der Waals surface area contributed by atoms with Gasteiger partial charge in [0.25, 0.3) is 0 Å². The SMILES string of the molecule is CCN(CC)c1ccc(N(CCC(=O)Nc2ccc(C)c(C)c2)C(C)=O)c(C)c1. The first-order valence-electron chi connectivity index (χ1n) is 10.3. The van der Waals surface area contributed by atoms with E-state index in [-0.39, 0.29) is 18.2 Å². The minimum atomic E-state index is -0.100. The Kier molecular flexibility index (Phi) is 7.82. The molecule has 0 heterocycles. The lowest BCUT2D eigenvalue weighted by Gasteiger charge is -2.26. The second-order valence-electron chi connectivity index (χ2n) is 7.41.